The molecule has 3 aromatic rings. The number of hydrogen-bond acceptors (Lipinski definition) is 5. The molecule has 160 valence electrons. The highest BCUT2D eigenvalue weighted by atomic mass is 16.5. The molecule has 2 heterocycles. The van der Waals surface area contributed by atoms with Crippen LogP contribution in [0.25, 0.3) is 0 Å². The Hall–Kier alpha value is -3.45. The number of rotatable bonds is 7. The zero-order valence-corrected chi connectivity index (χ0v) is 17.3. The van der Waals surface area contributed by atoms with E-state index in [1.165, 1.54) is 16.3 Å². The number of piperazine rings is 1. The minimum absolute atomic E-state index is 0.0197. The second-order valence-electron chi connectivity index (χ2n) is 7.50. The fraction of sp³-hybridized carbons (Fsp3) is 0.292. The van der Waals surface area contributed by atoms with Crippen molar-refractivity contribution in [3.05, 3.63) is 95.2 Å². The third kappa shape index (κ3) is 5.38. The lowest BCUT2D eigenvalue weighted by Gasteiger charge is -2.39. The van der Waals surface area contributed by atoms with Crippen molar-refractivity contribution >= 4 is 5.91 Å². The van der Waals surface area contributed by atoms with Crippen LogP contribution in [-0.4, -0.2) is 58.0 Å². The summed E-state index contributed by atoms with van der Waals surface area (Å²) in [4.78, 5) is 32.3. The maximum atomic E-state index is 12.7. The molecule has 31 heavy (non-hydrogen) atoms. The molecule has 1 aromatic heterocycles. The van der Waals surface area contributed by atoms with Crippen molar-refractivity contribution < 1.29 is 9.53 Å². The van der Waals surface area contributed by atoms with Gasteiger partial charge in [-0.3, -0.25) is 14.3 Å². The van der Waals surface area contributed by atoms with Gasteiger partial charge in [0.25, 0.3) is 0 Å². The van der Waals surface area contributed by atoms with Crippen molar-refractivity contribution in [2.75, 3.05) is 32.8 Å². The van der Waals surface area contributed by atoms with Gasteiger partial charge in [0.15, 0.2) is 0 Å². The minimum Gasteiger partial charge on any atom is -0.492 e. The molecule has 1 saturated heterocycles. The normalized spacial score (nSPS) is 15.4. The van der Waals surface area contributed by atoms with Gasteiger partial charge in [-0.1, -0.05) is 48.5 Å². The van der Waals surface area contributed by atoms with Gasteiger partial charge in [-0.2, -0.15) is 0 Å². The summed E-state index contributed by atoms with van der Waals surface area (Å²) in [6.45, 7) is 3.26. The molecule has 1 aliphatic heterocycles. The fourth-order valence-electron chi connectivity index (χ4n) is 3.82. The van der Waals surface area contributed by atoms with Crippen molar-refractivity contribution in [3.63, 3.8) is 0 Å². The molecule has 0 N–H and O–H groups in total. The van der Waals surface area contributed by atoms with E-state index >= 15 is 0 Å². The van der Waals surface area contributed by atoms with E-state index in [0.29, 0.717) is 19.7 Å². The number of ether oxygens (including phenoxy) is 1. The molecular formula is C24H26N4O3. The van der Waals surface area contributed by atoms with Crippen LogP contribution in [0.15, 0.2) is 83.9 Å². The Bertz CT molecular complexity index is 1030. The van der Waals surface area contributed by atoms with E-state index in [1.807, 2.05) is 53.4 Å². The van der Waals surface area contributed by atoms with Gasteiger partial charge < -0.3 is 9.64 Å². The van der Waals surface area contributed by atoms with Gasteiger partial charge in [0.1, 0.15) is 18.9 Å². The summed E-state index contributed by atoms with van der Waals surface area (Å²) >= 11 is 0. The molecular weight excluding hydrogens is 392 g/mol. The Balaban J connectivity index is 1.39. The van der Waals surface area contributed by atoms with Gasteiger partial charge in [0, 0.05) is 38.6 Å². The third-order valence-corrected chi connectivity index (χ3v) is 5.53. The number of nitrogens with zero attached hydrogens (tertiary/aromatic N) is 4. The molecule has 1 fully saturated rings. The van der Waals surface area contributed by atoms with Crippen LogP contribution in [0.5, 0.6) is 5.75 Å². The van der Waals surface area contributed by atoms with Crippen molar-refractivity contribution in [1.29, 1.82) is 0 Å². The van der Waals surface area contributed by atoms with E-state index < -0.39 is 5.69 Å². The minimum atomic E-state index is -0.406. The highest BCUT2D eigenvalue weighted by molar-refractivity contribution is 5.76. The van der Waals surface area contributed by atoms with Crippen LogP contribution >= 0.6 is 0 Å². The second kappa shape index (κ2) is 10.0. The monoisotopic (exact) mass is 418 g/mol. The van der Waals surface area contributed by atoms with Gasteiger partial charge in [-0.15, -0.1) is 0 Å². The average Bonchev–Trinajstić information content (AvgIpc) is 2.82. The molecule has 2 aromatic carbocycles. The first-order valence-electron chi connectivity index (χ1n) is 10.5. The summed E-state index contributed by atoms with van der Waals surface area (Å²) in [7, 11) is 0. The lowest BCUT2D eigenvalue weighted by molar-refractivity contribution is -0.134. The highest BCUT2D eigenvalue weighted by Gasteiger charge is 2.27. The zero-order valence-electron chi connectivity index (χ0n) is 17.3. The smallest absolute Gasteiger partial charge is 0.347 e. The van der Waals surface area contributed by atoms with Gasteiger partial charge in [-0.25, -0.2) is 9.78 Å². The van der Waals surface area contributed by atoms with E-state index in [0.717, 1.165) is 18.8 Å². The van der Waals surface area contributed by atoms with Crippen LogP contribution in [0.4, 0.5) is 0 Å². The number of aromatic nitrogens is 2. The van der Waals surface area contributed by atoms with E-state index in [-0.39, 0.29) is 18.5 Å². The summed E-state index contributed by atoms with van der Waals surface area (Å²) in [5.41, 5.74) is 0.789. The number of benzene rings is 2. The van der Waals surface area contributed by atoms with Crippen LogP contribution in [0.3, 0.4) is 0 Å². The van der Waals surface area contributed by atoms with Gasteiger partial charge in [0.05, 0.1) is 6.04 Å². The SMILES string of the molecule is O=C(Cn1cccnc1=O)N1CCN(C(COc2ccccc2)c2ccccc2)CC1. The maximum absolute atomic E-state index is 12.7. The lowest BCUT2D eigenvalue weighted by Crippen LogP contribution is -2.51. The Kier molecular flexibility index (Phi) is 6.74. The van der Waals surface area contributed by atoms with Crippen molar-refractivity contribution in [2.45, 2.75) is 12.6 Å². The Morgan fingerprint density at radius 1 is 0.935 bits per heavy atom. The average molecular weight is 418 g/mol. The Morgan fingerprint density at radius 2 is 1.61 bits per heavy atom. The first-order chi connectivity index (χ1) is 15.2. The number of carbonyl (C=O) groups excluding carboxylic acids is 1. The molecule has 0 spiro atoms. The highest BCUT2D eigenvalue weighted by Crippen LogP contribution is 2.24. The largest absolute Gasteiger partial charge is 0.492 e. The van der Waals surface area contributed by atoms with Crippen LogP contribution < -0.4 is 10.4 Å². The molecule has 0 aliphatic carbocycles. The topological polar surface area (TPSA) is 67.7 Å². The summed E-state index contributed by atoms with van der Waals surface area (Å²) in [5, 5.41) is 0. The standard InChI is InChI=1S/C24H26N4O3/c29-23(18-28-13-7-12-25-24(28)30)27-16-14-26(15-17-27)22(20-8-3-1-4-9-20)19-31-21-10-5-2-6-11-21/h1-13,22H,14-19H2. The first kappa shape index (κ1) is 20.8. The number of hydrogen-bond donors (Lipinski definition) is 0. The Labute approximate surface area is 181 Å². The van der Waals surface area contributed by atoms with Crippen LogP contribution in [0.2, 0.25) is 0 Å². The quantitative estimate of drug-likeness (QED) is 0.589. The molecule has 1 aliphatic rings. The van der Waals surface area contributed by atoms with Crippen molar-refractivity contribution in [3.8, 4) is 5.75 Å². The van der Waals surface area contributed by atoms with Gasteiger partial charge in [-0.05, 0) is 23.8 Å². The fourth-order valence-corrected chi connectivity index (χ4v) is 3.82. The first-order valence-corrected chi connectivity index (χ1v) is 10.5. The number of amides is 1. The predicted octanol–water partition coefficient (Wildman–Crippen LogP) is 2.21. The van der Waals surface area contributed by atoms with E-state index in [9.17, 15) is 9.59 Å². The Morgan fingerprint density at radius 3 is 2.29 bits per heavy atom. The molecule has 7 heteroatoms. The molecule has 1 unspecified atom stereocenters. The molecule has 0 bridgehead atoms. The molecule has 1 amide bonds. The second-order valence-corrected chi connectivity index (χ2v) is 7.50. The zero-order chi connectivity index (χ0) is 21.5. The van der Waals surface area contributed by atoms with Crippen molar-refractivity contribution in [2.24, 2.45) is 0 Å². The van der Waals surface area contributed by atoms with Crippen LogP contribution in [0, 0.1) is 0 Å². The van der Waals surface area contributed by atoms with E-state index in [2.05, 4.69) is 22.0 Å². The molecule has 4 rings (SSSR count). The predicted molar refractivity (Wildman–Crippen MR) is 118 cm³/mol. The van der Waals surface area contributed by atoms with Gasteiger partial charge in [0.2, 0.25) is 5.91 Å². The molecule has 7 nitrogen and oxygen atoms in total. The lowest BCUT2D eigenvalue weighted by atomic mass is 10.0. The summed E-state index contributed by atoms with van der Waals surface area (Å²) in [6, 6.07) is 21.9. The van der Waals surface area contributed by atoms with Crippen LogP contribution in [0.1, 0.15) is 11.6 Å². The third-order valence-electron chi connectivity index (χ3n) is 5.53. The van der Waals surface area contributed by atoms with E-state index in [1.54, 1.807) is 12.3 Å². The number of para-hydroxylation sites is 1. The molecule has 0 radical (unpaired) electrons. The summed E-state index contributed by atoms with van der Waals surface area (Å²) < 4.78 is 7.42. The molecule has 0 saturated carbocycles. The molecule has 1 atom stereocenters. The number of carbonyl (C=O) groups is 1. The van der Waals surface area contributed by atoms with Crippen molar-refractivity contribution in [1.82, 2.24) is 19.4 Å². The maximum Gasteiger partial charge on any atom is 0.347 e. The van der Waals surface area contributed by atoms with Crippen LogP contribution in [-0.2, 0) is 11.3 Å². The van der Waals surface area contributed by atoms with E-state index in [4.69, 9.17) is 4.74 Å². The summed E-state index contributed by atoms with van der Waals surface area (Å²) in [5.74, 6) is 0.783. The van der Waals surface area contributed by atoms with Gasteiger partial charge >= 0.3 is 5.69 Å². The summed E-state index contributed by atoms with van der Waals surface area (Å²) in [6.07, 6.45) is 3.03.